The van der Waals surface area contributed by atoms with Crippen molar-refractivity contribution >= 4 is 5.97 Å². The first-order chi connectivity index (χ1) is 8.56. The Morgan fingerprint density at radius 1 is 1.28 bits per heavy atom. The van der Waals surface area contributed by atoms with Crippen LogP contribution in [0.15, 0.2) is 30.6 Å². The predicted octanol–water partition coefficient (Wildman–Crippen LogP) is 2.64. The molecule has 0 aliphatic carbocycles. The summed E-state index contributed by atoms with van der Waals surface area (Å²) in [5.41, 5.74) is 4.63. The first-order valence-corrected chi connectivity index (χ1v) is 5.88. The van der Waals surface area contributed by atoms with Gasteiger partial charge in [0.25, 0.3) is 0 Å². The second kappa shape index (κ2) is 5.04. The van der Waals surface area contributed by atoms with Crippen molar-refractivity contribution in [1.82, 2.24) is 9.78 Å². The van der Waals surface area contributed by atoms with Crippen LogP contribution in [0.3, 0.4) is 0 Å². The van der Waals surface area contributed by atoms with Crippen molar-refractivity contribution in [1.29, 1.82) is 0 Å². The van der Waals surface area contributed by atoms with E-state index in [-0.39, 0.29) is 6.42 Å². The van der Waals surface area contributed by atoms with E-state index in [1.807, 2.05) is 6.20 Å². The average Bonchev–Trinajstić information content (AvgIpc) is 2.79. The lowest BCUT2D eigenvalue weighted by atomic mass is 10.0. The van der Waals surface area contributed by atoms with E-state index in [0.717, 1.165) is 11.1 Å². The van der Waals surface area contributed by atoms with Crippen LogP contribution in [0.5, 0.6) is 0 Å². The maximum absolute atomic E-state index is 10.5. The van der Waals surface area contributed by atoms with Crippen molar-refractivity contribution in [3.05, 3.63) is 41.7 Å². The Morgan fingerprint density at radius 3 is 2.72 bits per heavy atom. The summed E-state index contributed by atoms with van der Waals surface area (Å²) in [5, 5.41) is 12.8. The van der Waals surface area contributed by atoms with E-state index in [1.165, 1.54) is 11.1 Å². The Bertz CT molecular complexity index is 573. The maximum atomic E-state index is 10.5. The van der Waals surface area contributed by atoms with E-state index in [1.54, 1.807) is 10.9 Å². The van der Waals surface area contributed by atoms with Crippen LogP contribution in [-0.4, -0.2) is 20.9 Å². The van der Waals surface area contributed by atoms with E-state index in [0.29, 0.717) is 6.54 Å². The molecule has 2 aromatic rings. The zero-order chi connectivity index (χ0) is 13.1. The van der Waals surface area contributed by atoms with Gasteiger partial charge in [-0.25, -0.2) is 0 Å². The zero-order valence-corrected chi connectivity index (χ0v) is 10.6. The third kappa shape index (κ3) is 2.77. The highest BCUT2D eigenvalue weighted by Crippen LogP contribution is 2.21. The van der Waals surface area contributed by atoms with Gasteiger partial charge in [-0.05, 0) is 30.5 Å². The zero-order valence-electron chi connectivity index (χ0n) is 10.6. The summed E-state index contributed by atoms with van der Waals surface area (Å²) in [4.78, 5) is 10.5. The number of carboxylic acid groups (broad SMARTS) is 1. The fraction of sp³-hybridized carbons (Fsp3) is 0.286. The lowest BCUT2D eigenvalue weighted by Crippen LogP contribution is -2.04. The van der Waals surface area contributed by atoms with E-state index in [2.05, 4.69) is 37.1 Å². The maximum Gasteiger partial charge on any atom is 0.305 e. The SMILES string of the molecule is Cc1ccc(-c2cnn(CCC(=O)O)c2)cc1C. The second-order valence-corrected chi connectivity index (χ2v) is 4.43. The van der Waals surface area contributed by atoms with Gasteiger partial charge >= 0.3 is 5.97 Å². The van der Waals surface area contributed by atoms with E-state index >= 15 is 0 Å². The number of benzene rings is 1. The van der Waals surface area contributed by atoms with Crippen LogP contribution >= 0.6 is 0 Å². The number of rotatable bonds is 4. The van der Waals surface area contributed by atoms with Gasteiger partial charge in [0.15, 0.2) is 0 Å². The molecule has 1 aromatic carbocycles. The third-order valence-electron chi connectivity index (χ3n) is 3.03. The molecule has 0 bridgehead atoms. The Morgan fingerprint density at radius 2 is 2.06 bits per heavy atom. The molecule has 94 valence electrons. The van der Waals surface area contributed by atoms with Crippen LogP contribution in [0, 0.1) is 13.8 Å². The van der Waals surface area contributed by atoms with Crippen molar-refractivity contribution in [2.75, 3.05) is 0 Å². The summed E-state index contributed by atoms with van der Waals surface area (Å²) in [6.45, 7) is 4.56. The molecule has 1 heterocycles. The lowest BCUT2D eigenvalue weighted by molar-refractivity contribution is -0.137. The Balaban J connectivity index is 2.18. The minimum Gasteiger partial charge on any atom is -0.481 e. The standard InChI is InChI=1S/C14H16N2O2/c1-10-3-4-12(7-11(10)2)13-8-15-16(9-13)6-5-14(17)18/h3-4,7-9H,5-6H2,1-2H3,(H,17,18). The molecule has 0 aliphatic rings. The molecule has 4 nitrogen and oxygen atoms in total. The van der Waals surface area contributed by atoms with Crippen molar-refractivity contribution in [3.63, 3.8) is 0 Å². The molecule has 0 aliphatic heterocycles. The highest BCUT2D eigenvalue weighted by atomic mass is 16.4. The topological polar surface area (TPSA) is 55.1 Å². The van der Waals surface area contributed by atoms with E-state index in [4.69, 9.17) is 5.11 Å². The summed E-state index contributed by atoms with van der Waals surface area (Å²) < 4.78 is 1.67. The van der Waals surface area contributed by atoms with Crippen LogP contribution in [-0.2, 0) is 11.3 Å². The normalized spacial score (nSPS) is 10.6. The summed E-state index contributed by atoms with van der Waals surface area (Å²) in [5.74, 6) is -0.807. The monoisotopic (exact) mass is 244 g/mol. The Kier molecular flexibility index (Phi) is 3.46. The number of hydrogen-bond acceptors (Lipinski definition) is 2. The molecule has 0 atom stereocenters. The predicted molar refractivity (Wildman–Crippen MR) is 69.4 cm³/mol. The molecule has 0 unspecified atom stereocenters. The number of nitrogens with zero attached hydrogens (tertiary/aromatic N) is 2. The molecular formula is C14H16N2O2. The number of hydrogen-bond donors (Lipinski definition) is 1. The Hall–Kier alpha value is -2.10. The average molecular weight is 244 g/mol. The third-order valence-corrected chi connectivity index (χ3v) is 3.03. The summed E-state index contributed by atoms with van der Waals surface area (Å²) in [6.07, 6.45) is 3.74. The van der Waals surface area contributed by atoms with Gasteiger partial charge in [0.05, 0.1) is 19.2 Å². The largest absolute Gasteiger partial charge is 0.481 e. The van der Waals surface area contributed by atoms with Crippen LogP contribution in [0.4, 0.5) is 0 Å². The molecule has 0 fully saturated rings. The fourth-order valence-corrected chi connectivity index (χ4v) is 1.77. The van der Waals surface area contributed by atoms with Gasteiger partial charge in [-0.15, -0.1) is 0 Å². The van der Waals surface area contributed by atoms with E-state index < -0.39 is 5.97 Å². The van der Waals surface area contributed by atoms with Crippen molar-refractivity contribution in [2.45, 2.75) is 26.8 Å². The van der Waals surface area contributed by atoms with Crippen molar-refractivity contribution in [3.8, 4) is 11.1 Å². The Labute approximate surface area is 106 Å². The van der Waals surface area contributed by atoms with E-state index in [9.17, 15) is 4.79 Å². The number of aliphatic carboxylic acids is 1. The molecule has 4 heteroatoms. The highest BCUT2D eigenvalue weighted by molar-refractivity contribution is 5.66. The van der Waals surface area contributed by atoms with Gasteiger partial charge in [-0.2, -0.15) is 5.10 Å². The number of aromatic nitrogens is 2. The molecule has 1 aromatic heterocycles. The molecular weight excluding hydrogens is 228 g/mol. The van der Waals surface area contributed by atoms with Gasteiger partial charge in [-0.1, -0.05) is 18.2 Å². The van der Waals surface area contributed by atoms with Gasteiger partial charge < -0.3 is 5.11 Å². The first kappa shape index (κ1) is 12.4. The molecule has 0 amide bonds. The second-order valence-electron chi connectivity index (χ2n) is 4.43. The minimum absolute atomic E-state index is 0.0913. The summed E-state index contributed by atoms with van der Waals surface area (Å²) >= 11 is 0. The number of carboxylic acids is 1. The van der Waals surface area contributed by atoms with Crippen LogP contribution in [0.1, 0.15) is 17.5 Å². The van der Waals surface area contributed by atoms with Gasteiger partial charge in [0.2, 0.25) is 0 Å². The van der Waals surface area contributed by atoms with Gasteiger partial charge in [-0.3, -0.25) is 9.48 Å². The highest BCUT2D eigenvalue weighted by Gasteiger charge is 2.04. The molecule has 0 saturated carbocycles. The van der Waals surface area contributed by atoms with Gasteiger partial charge in [0.1, 0.15) is 0 Å². The van der Waals surface area contributed by atoms with Crippen molar-refractivity contribution in [2.24, 2.45) is 0 Å². The first-order valence-electron chi connectivity index (χ1n) is 5.88. The molecule has 0 spiro atoms. The fourth-order valence-electron chi connectivity index (χ4n) is 1.77. The smallest absolute Gasteiger partial charge is 0.305 e. The molecule has 18 heavy (non-hydrogen) atoms. The van der Waals surface area contributed by atoms with Crippen LogP contribution in [0.2, 0.25) is 0 Å². The quantitative estimate of drug-likeness (QED) is 0.899. The molecule has 0 radical (unpaired) electrons. The lowest BCUT2D eigenvalue weighted by Gasteiger charge is -2.02. The minimum atomic E-state index is -0.807. The van der Waals surface area contributed by atoms with Crippen molar-refractivity contribution < 1.29 is 9.90 Å². The molecule has 2 rings (SSSR count). The number of carbonyl (C=O) groups is 1. The van der Waals surface area contributed by atoms with Crippen LogP contribution < -0.4 is 0 Å². The summed E-state index contributed by atoms with van der Waals surface area (Å²) in [7, 11) is 0. The molecule has 1 N–H and O–H groups in total. The number of aryl methyl sites for hydroxylation is 3. The summed E-state index contributed by atoms with van der Waals surface area (Å²) in [6, 6.07) is 6.26. The molecule has 0 saturated heterocycles. The van der Waals surface area contributed by atoms with Crippen LogP contribution in [0.25, 0.3) is 11.1 Å². The van der Waals surface area contributed by atoms with Gasteiger partial charge in [0, 0.05) is 11.8 Å².